The van der Waals surface area contributed by atoms with Crippen molar-refractivity contribution in [3.05, 3.63) is 35.9 Å². The molecule has 0 bridgehead atoms. The zero-order valence-electron chi connectivity index (χ0n) is 33.3. The number of nitrogens with one attached hydrogen (secondary N) is 7. The van der Waals surface area contributed by atoms with Gasteiger partial charge in [-0.1, -0.05) is 30.3 Å². The molecule has 0 saturated carbocycles. The van der Waals surface area contributed by atoms with Crippen LogP contribution in [0.5, 0.6) is 0 Å². The zero-order chi connectivity index (χ0) is 41.6. The molecule has 1 rings (SSSR count). The van der Waals surface area contributed by atoms with Gasteiger partial charge in [0.2, 0.25) is 41.4 Å². The number of amides is 8. The summed E-state index contributed by atoms with van der Waals surface area (Å²) in [5.74, 6) is -5.22. The van der Waals surface area contributed by atoms with Crippen molar-refractivity contribution in [1.29, 1.82) is 0 Å². The van der Waals surface area contributed by atoms with Crippen molar-refractivity contribution >= 4 is 47.4 Å². The van der Waals surface area contributed by atoms with Gasteiger partial charge < -0.3 is 47.7 Å². The average molecular weight is 747 g/mol. The molecule has 1 aromatic carbocycles. The van der Waals surface area contributed by atoms with Crippen LogP contribution in [0.4, 0.5) is 4.79 Å². The molecule has 0 aliphatic rings. The van der Waals surface area contributed by atoms with Gasteiger partial charge in [0.25, 0.3) is 0 Å². The number of nitrogens with two attached hydrogens (primary N) is 1. The highest BCUT2D eigenvalue weighted by Crippen LogP contribution is 2.16. The fraction of sp³-hybridized carbons (Fsp3) is 0.611. The van der Waals surface area contributed by atoms with Gasteiger partial charge in [0.1, 0.15) is 45.4 Å². The van der Waals surface area contributed by atoms with Crippen LogP contribution in [0.25, 0.3) is 0 Å². The van der Waals surface area contributed by atoms with Crippen LogP contribution < -0.4 is 43.0 Å². The third-order valence-electron chi connectivity index (χ3n) is 8.21. The molecule has 1 aromatic rings. The first-order valence-electron chi connectivity index (χ1n) is 16.9. The number of benzene rings is 1. The fourth-order valence-electron chi connectivity index (χ4n) is 4.06. The van der Waals surface area contributed by atoms with Gasteiger partial charge in [-0.2, -0.15) is 0 Å². The molecule has 0 radical (unpaired) electrons. The smallest absolute Gasteiger partial charge is 0.408 e. The number of alkyl carbamates (subject to hydrolysis) is 1. The van der Waals surface area contributed by atoms with Crippen LogP contribution >= 0.6 is 0 Å². The van der Waals surface area contributed by atoms with Crippen LogP contribution in [-0.2, 0) is 44.9 Å². The van der Waals surface area contributed by atoms with E-state index in [9.17, 15) is 38.4 Å². The minimum absolute atomic E-state index is 0.0149. The molecule has 9 N–H and O–H groups in total. The number of hydrogen-bond acceptors (Lipinski definition) is 9. The van der Waals surface area contributed by atoms with Crippen LogP contribution in [0.1, 0.15) is 102 Å². The lowest BCUT2D eigenvalue weighted by Gasteiger charge is -2.37. The quantitative estimate of drug-likeness (QED) is 0.117. The molecule has 53 heavy (non-hydrogen) atoms. The Morgan fingerprint density at radius 3 is 0.943 bits per heavy atom. The molecular formula is C36H58N8O9. The molecule has 296 valence electrons. The molecule has 0 aromatic heterocycles. The third-order valence-corrected chi connectivity index (χ3v) is 8.21. The lowest BCUT2D eigenvalue weighted by Crippen LogP contribution is -2.69. The first-order chi connectivity index (χ1) is 23.7. The van der Waals surface area contributed by atoms with Gasteiger partial charge >= 0.3 is 6.09 Å². The maximum atomic E-state index is 13.4. The van der Waals surface area contributed by atoms with E-state index in [4.69, 9.17) is 10.5 Å². The number of rotatable bonds is 16. The van der Waals surface area contributed by atoms with Gasteiger partial charge in [0.05, 0.1) is 0 Å². The van der Waals surface area contributed by atoms with E-state index < -0.39 is 86.2 Å². The number of ether oxygens (including phenoxy) is 1. The van der Waals surface area contributed by atoms with Crippen LogP contribution in [0.2, 0.25) is 0 Å². The van der Waals surface area contributed by atoms with E-state index in [1.165, 1.54) is 96.9 Å². The van der Waals surface area contributed by atoms with Crippen molar-refractivity contribution in [2.45, 2.75) is 142 Å². The molecule has 17 nitrogen and oxygen atoms in total. The van der Waals surface area contributed by atoms with Crippen LogP contribution in [-0.4, -0.2) is 86.2 Å². The van der Waals surface area contributed by atoms with Gasteiger partial charge in [0.15, 0.2) is 0 Å². The zero-order valence-corrected chi connectivity index (χ0v) is 33.3. The molecule has 17 heteroatoms. The van der Waals surface area contributed by atoms with Gasteiger partial charge in [0, 0.05) is 0 Å². The number of primary amides is 1. The maximum absolute atomic E-state index is 13.4. The minimum atomic E-state index is -1.62. The highest BCUT2D eigenvalue weighted by molar-refractivity contribution is 6.02. The summed E-state index contributed by atoms with van der Waals surface area (Å²) < 4.78 is 5.20. The Hall–Kier alpha value is -5.22. The first-order valence-corrected chi connectivity index (χ1v) is 16.9. The summed E-state index contributed by atoms with van der Waals surface area (Å²) in [7, 11) is 0. The van der Waals surface area contributed by atoms with E-state index >= 15 is 0 Å². The maximum Gasteiger partial charge on any atom is 0.408 e. The predicted octanol–water partition coefficient (Wildman–Crippen LogP) is 0.546. The minimum Gasteiger partial charge on any atom is -0.445 e. The molecule has 0 unspecified atom stereocenters. The van der Waals surface area contributed by atoms with Crippen molar-refractivity contribution < 1.29 is 43.1 Å². The third kappa shape index (κ3) is 13.1. The highest BCUT2D eigenvalue weighted by atomic mass is 16.5. The van der Waals surface area contributed by atoms with Crippen LogP contribution in [0.15, 0.2) is 30.3 Å². The predicted molar refractivity (Wildman–Crippen MR) is 196 cm³/mol. The van der Waals surface area contributed by atoms with E-state index in [0.29, 0.717) is 0 Å². The van der Waals surface area contributed by atoms with E-state index in [0.717, 1.165) is 5.56 Å². The van der Waals surface area contributed by atoms with Crippen LogP contribution in [0, 0.1) is 0 Å². The van der Waals surface area contributed by atoms with Gasteiger partial charge in [-0.05, 0) is 102 Å². The Balaban J connectivity index is 2.89. The summed E-state index contributed by atoms with van der Waals surface area (Å²) >= 11 is 0. The Kier molecular flexibility index (Phi) is 14.0. The highest BCUT2D eigenvalue weighted by Gasteiger charge is 2.44. The largest absolute Gasteiger partial charge is 0.445 e. The molecule has 0 aliphatic heterocycles. The van der Waals surface area contributed by atoms with Gasteiger partial charge in [-0.3, -0.25) is 33.6 Å². The second kappa shape index (κ2) is 16.2. The second-order valence-corrected chi connectivity index (χ2v) is 16.7. The van der Waals surface area contributed by atoms with E-state index in [2.05, 4.69) is 37.2 Å². The first kappa shape index (κ1) is 45.8. The monoisotopic (exact) mass is 746 g/mol. The summed E-state index contributed by atoms with van der Waals surface area (Å²) in [6, 6.07) is 8.95. The second-order valence-electron chi connectivity index (χ2n) is 16.7. The normalized spacial score (nSPS) is 12.7. The van der Waals surface area contributed by atoms with Crippen molar-refractivity contribution in [3.63, 3.8) is 0 Å². The summed E-state index contributed by atoms with van der Waals surface area (Å²) in [5.41, 5.74) is -4.74. The fourth-order valence-corrected chi connectivity index (χ4v) is 4.06. The molecule has 0 saturated heterocycles. The molecule has 0 heterocycles. The number of carbonyl (C=O) groups excluding carboxylic acids is 8. The molecule has 0 spiro atoms. The summed E-state index contributed by atoms with van der Waals surface area (Å²) in [5, 5.41) is 17.8. The van der Waals surface area contributed by atoms with Crippen LogP contribution in [0.3, 0.4) is 0 Å². The summed E-state index contributed by atoms with van der Waals surface area (Å²) in [4.78, 5) is 103. The van der Waals surface area contributed by atoms with E-state index in [-0.39, 0.29) is 6.61 Å². The Bertz CT molecular complexity index is 1600. The molecule has 8 amide bonds. The molecule has 0 aliphatic carbocycles. The van der Waals surface area contributed by atoms with Crippen molar-refractivity contribution in [2.75, 3.05) is 0 Å². The molecular weight excluding hydrogens is 688 g/mol. The summed E-state index contributed by atoms with van der Waals surface area (Å²) in [6.45, 7) is 19.6. The van der Waals surface area contributed by atoms with Crippen molar-refractivity contribution in [1.82, 2.24) is 37.2 Å². The van der Waals surface area contributed by atoms with Gasteiger partial charge in [-0.15, -0.1) is 0 Å². The number of hydrogen-bond donors (Lipinski definition) is 8. The average Bonchev–Trinajstić information content (AvgIpc) is 2.98. The van der Waals surface area contributed by atoms with Crippen molar-refractivity contribution in [3.8, 4) is 0 Å². The summed E-state index contributed by atoms with van der Waals surface area (Å²) in [6.07, 6.45) is -0.845. The Morgan fingerprint density at radius 1 is 0.434 bits per heavy atom. The lowest BCUT2D eigenvalue weighted by molar-refractivity contribution is -0.142. The molecule has 0 atom stereocenters. The Labute approximate surface area is 311 Å². The van der Waals surface area contributed by atoms with E-state index in [1.807, 2.05) is 6.07 Å². The van der Waals surface area contributed by atoms with Gasteiger partial charge in [-0.25, -0.2) is 4.79 Å². The lowest BCUT2D eigenvalue weighted by atomic mass is 9.94. The topological polar surface area (TPSA) is 256 Å². The Morgan fingerprint density at radius 2 is 0.679 bits per heavy atom. The van der Waals surface area contributed by atoms with E-state index in [1.54, 1.807) is 24.3 Å². The van der Waals surface area contributed by atoms with Crippen molar-refractivity contribution in [2.24, 2.45) is 5.73 Å². The standard InChI is InChI=1S/C36H58N8O9/c1-30(2,22(37)45)38-23(46)31(3,4)39-24(47)32(5,6)40-25(48)33(7,8)41-26(49)34(9,10)42-27(50)35(11,12)43-28(51)36(13,14)44-29(52)53-20-21-18-16-15-17-19-21/h15-19H,20H2,1-14H3,(H2,37,45)(H,38,46)(H,39,47)(H,40,48)(H,41,49)(H,42,50)(H,43,51)(H,44,52). The SMILES string of the molecule is CC(C)(NC(=O)C(C)(C)NC(=O)C(C)(C)NC(=O)C(C)(C)NC(=O)C(C)(C)NC(=O)C(C)(C)NC(=O)C(C)(C)NC(=O)OCc1ccccc1)C(N)=O. The molecule has 0 fully saturated rings. The number of carbonyl (C=O) groups is 8.